The van der Waals surface area contributed by atoms with Gasteiger partial charge in [-0.05, 0) is 42.8 Å². The third-order valence-electron chi connectivity index (χ3n) is 6.04. The molecular formula is C31H27N3O. The van der Waals surface area contributed by atoms with Crippen LogP contribution in [0.2, 0.25) is 0 Å². The zero-order valence-corrected chi connectivity index (χ0v) is 19.8. The molecule has 5 aromatic rings. The van der Waals surface area contributed by atoms with Gasteiger partial charge >= 0.3 is 0 Å². The quantitative estimate of drug-likeness (QED) is 0.250. The third kappa shape index (κ3) is 4.82. The summed E-state index contributed by atoms with van der Waals surface area (Å²) in [7, 11) is 0. The fourth-order valence-electron chi connectivity index (χ4n) is 4.24. The Morgan fingerprint density at radius 2 is 1.37 bits per heavy atom. The van der Waals surface area contributed by atoms with E-state index in [0.29, 0.717) is 5.39 Å². The maximum absolute atomic E-state index is 13.4. The second kappa shape index (κ2) is 10.3. The van der Waals surface area contributed by atoms with E-state index >= 15 is 0 Å². The van der Waals surface area contributed by atoms with E-state index in [1.807, 2.05) is 84.9 Å². The molecule has 0 saturated heterocycles. The second-order valence-corrected chi connectivity index (χ2v) is 8.50. The number of hydrogen-bond acceptors (Lipinski definition) is 3. The Balaban J connectivity index is 1.59. The highest BCUT2D eigenvalue weighted by Gasteiger charge is 2.13. The van der Waals surface area contributed by atoms with E-state index in [-0.39, 0.29) is 5.56 Å². The molecule has 0 spiro atoms. The van der Waals surface area contributed by atoms with Gasteiger partial charge in [-0.3, -0.25) is 9.36 Å². The van der Waals surface area contributed by atoms with Gasteiger partial charge in [0.25, 0.3) is 5.56 Å². The number of rotatable bonds is 7. The van der Waals surface area contributed by atoms with Gasteiger partial charge in [0.15, 0.2) is 0 Å². The Bertz CT molecular complexity index is 1480. The zero-order chi connectivity index (χ0) is 24.0. The highest BCUT2D eigenvalue weighted by atomic mass is 16.1. The van der Waals surface area contributed by atoms with Crippen LogP contribution in [0, 0.1) is 0 Å². The average molecular weight is 458 g/mol. The Kier molecular flexibility index (Phi) is 6.62. The summed E-state index contributed by atoms with van der Waals surface area (Å²) in [5, 5.41) is 0.630. The molecular weight excluding hydrogens is 430 g/mol. The number of aliphatic imine (C=N–C) groups is 1. The molecule has 1 aromatic heterocycles. The average Bonchev–Trinajstić information content (AvgIpc) is 2.92. The lowest BCUT2D eigenvalue weighted by atomic mass is 10.0. The molecule has 172 valence electrons. The van der Waals surface area contributed by atoms with Gasteiger partial charge in [-0.25, -0.2) is 9.98 Å². The van der Waals surface area contributed by atoms with Crippen molar-refractivity contribution in [2.24, 2.45) is 4.99 Å². The summed E-state index contributed by atoms with van der Waals surface area (Å²) in [5.74, 6) is 0.793. The molecule has 0 radical (unpaired) electrons. The summed E-state index contributed by atoms with van der Waals surface area (Å²) < 4.78 is 1.75. The van der Waals surface area contributed by atoms with Gasteiger partial charge in [0, 0.05) is 17.5 Å². The van der Waals surface area contributed by atoms with Crippen molar-refractivity contribution < 1.29 is 0 Å². The smallest absolute Gasteiger partial charge is 0.265 e. The predicted octanol–water partition coefficient (Wildman–Crippen LogP) is 6.90. The Morgan fingerprint density at radius 3 is 2.00 bits per heavy atom. The maximum Gasteiger partial charge on any atom is 0.265 e. The number of fused-ring (bicyclic) bond motifs is 1. The van der Waals surface area contributed by atoms with Crippen molar-refractivity contribution in [1.82, 2.24) is 9.55 Å². The van der Waals surface area contributed by atoms with Gasteiger partial charge in [0.2, 0.25) is 0 Å². The van der Waals surface area contributed by atoms with Crippen LogP contribution in [0.5, 0.6) is 0 Å². The van der Waals surface area contributed by atoms with Crippen LogP contribution >= 0.6 is 0 Å². The Hall–Kier alpha value is -4.31. The number of nitrogens with zero attached hydrogens (tertiary/aromatic N) is 3. The normalized spacial score (nSPS) is 10.9. The molecule has 1 heterocycles. The van der Waals surface area contributed by atoms with Crippen LogP contribution in [0.15, 0.2) is 119 Å². The first kappa shape index (κ1) is 22.5. The summed E-state index contributed by atoms with van der Waals surface area (Å²) in [6, 6.07) is 35.8. The van der Waals surface area contributed by atoms with Gasteiger partial charge < -0.3 is 0 Å². The highest BCUT2D eigenvalue weighted by Crippen LogP contribution is 2.21. The lowest BCUT2D eigenvalue weighted by Gasteiger charge is -2.14. The lowest BCUT2D eigenvalue weighted by Crippen LogP contribution is -2.24. The summed E-state index contributed by atoms with van der Waals surface area (Å²) in [6.45, 7) is 2.15. The minimum Gasteiger partial charge on any atom is -0.268 e. The van der Waals surface area contributed by atoms with Crippen molar-refractivity contribution in [3.63, 3.8) is 0 Å². The zero-order valence-electron chi connectivity index (χ0n) is 19.8. The number of para-hydroxylation sites is 1. The van der Waals surface area contributed by atoms with Crippen LogP contribution in [0.3, 0.4) is 0 Å². The molecule has 0 atom stereocenters. The summed E-state index contributed by atoms with van der Waals surface area (Å²) in [6.07, 6.45) is 2.77. The molecule has 0 N–H and O–H groups in total. The van der Waals surface area contributed by atoms with Gasteiger partial charge in [-0.1, -0.05) is 86.1 Å². The molecule has 0 aliphatic carbocycles. The van der Waals surface area contributed by atoms with Crippen molar-refractivity contribution in [2.45, 2.75) is 26.2 Å². The number of unbranched alkanes of at least 4 members (excludes halogenated alkanes) is 1. The molecule has 4 nitrogen and oxygen atoms in total. The highest BCUT2D eigenvalue weighted by molar-refractivity contribution is 6.13. The first-order valence-electron chi connectivity index (χ1n) is 12.1. The van der Waals surface area contributed by atoms with Crippen LogP contribution in [-0.4, -0.2) is 15.3 Å². The molecule has 0 bridgehead atoms. The predicted molar refractivity (Wildman–Crippen MR) is 144 cm³/mol. The molecule has 0 amide bonds. The minimum absolute atomic E-state index is 0.0350. The van der Waals surface area contributed by atoms with E-state index in [0.717, 1.165) is 58.8 Å². The van der Waals surface area contributed by atoms with E-state index in [9.17, 15) is 4.79 Å². The third-order valence-corrected chi connectivity index (χ3v) is 6.04. The van der Waals surface area contributed by atoms with E-state index in [1.54, 1.807) is 4.57 Å². The molecule has 5 rings (SSSR count). The van der Waals surface area contributed by atoms with Crippen molar-refractivity contribution in [3.05, 3.63) is 136 Å². The SMILES string of the molecule is CCCCc1nc2ccccc2c(=O)n1-c1ccc(N=C(c2ccccc2)c2ccccc2)cc1. The molecule has 0 fully saturated rings. The standard InChI is InChI=1S/C31H27N3O/c1-2-3-18-29-33-28-17-11-10-16-27(28)31(35)34(29)26-21-19-25(20-22-26)32-30(23-12-6-4-7-13-23)24-14-8-5-9-15-24/h4-17,19-22H,2-3,18H2,1H3. The maximum atomic E-state index is 13.4. The van der Waals surface area contributed by atoms with E-state index < -0.39 is 0 Å². The fourth-order valence-corrected chi connectivity index (χ4v) is 4.24. The summed E-state index contributed by atoms with van der Waals surface area (Å²) >= 11 is 0. The van der Waals surface area contributed by atoms with E-state index in [2.05, 4.69) is 31.2 Å². The largest absolute Gasteiger partial charge is 0.268 e. The van der Waals surface area contributed by atoms with Crippen LogP contribution in [0.4, 0.5) is 5.69 Å². The van der Waals surface area contributed by atoms with Gasteiger partial charge in [-0.15, -0.1) is 0 Å². The molecule has 35 heavy (non-hydrogen) atoms. The first-order chi connectivity index (χ1) is 17.2. The monoisotopic (exact) mass is 457 g/mol. The topological polar surface area (TPSA) is 47.2 Å². The van der Waals surface area contributed by atoms with Crippen LogP contribution < -0.4 is 5.56 Å². The van der Waals surface area contributed by atoms with Gasteiger partial charge in [0.1, 0.15) is 5.82 Å². The summed E-state index contributed by atoms with van der Waals surface area (Å²) in [4.78, 5) is 23.3. The number of hydrogen-bond donors (Lipinski definition) is 0. The molecule has 0 aliphatic rings. The van der Waals surface area contributed by atoms with Crippen molar-refractivity contribution in [2.75, 3.05) is 0 Å². The lowest BCUT2D eigenvalue weighted by molar-refractivity contribution is 0.720. The Labute approximate surface area is 205 Å². The minimum atomic E-state index is -0.0350. The van der Waals surface area contributed by atoms with Crippen molar-refractivity contribution in [1.29, 1.82) is 0 Å². The van der Waals surface area contributed by atoms with Gasteiger partial charge in [-0.2, -0.15) is 0 Å². The van der Waals surface area contributed by atoms with Gasteiger partial charge in [0.05, 0.1) is 28.0 Å². The fraction of sp³-hybridized carbons (Fsp3) is 0.129. The molecule has 4 heteroatoms. The molecule has 4 aromatic carbocycles. The van der Waals surface area contributed by atoms with E-state index in [1.165, 1.54) is 0 Å². The van der Waals surface area contributed by atoms with Crippen molar-refractivity contribution in [3.8, 4) is 5.69 Å². The molecule has 0 saturated carbocycles. The Morgan fingerprint density at radius 1 is 0.771 bits per heavy atom. The van der Waals surface area contributed by atoms with Crippen LogP contribution in [-0.2, 0) is 6.42 Å². The number of aryl methyl sites for hydroxylation is 1. The molecule has 0 unspecified atom stereocenters. The van der Waals surface area contributed by atoms with Crippen LogP contribution in [0.1, 0.15) is 36.7 Å². The summed E-state index contributed by atoms with van der Waals surface area (Å²) in [5.41, 5.74) is 5.36. The van der Waals surface area contributed by atoms with Crippen LogP contribution in [0.25, 0.3) is 16.6 Å². The molecule has 0 aliphatic heterocycles. The van der Waals surface area contributed by atoms with E-state index in [4.69, 9.17) is 9.98 Å². The number of benzene rings is 4. The second-order valence-electron chi connectivity index (χ2n) is 8.50. The van der Waals surface area contributed by atoms with Crippen molar-refractivity contribution >= 4 is 22.3 Å². The number of aromatic nitrogens is 2. The first-order valence-corrected chi connectivity index (χ1v) is 12.1.